The molecule has 0 aliphatic carbocycles. The first-order valence-corrected chi connectivity index (χ1v) is 8.67. The van der Waals surface area contributed by atoms with E-state index in [1.54, 1.807) is 6.07 Å². The van der Waals surface area contributed by atoms with Crippen LogP contribution >= 0.6 is 11.6 Å². The van der Waals surface area contributed by atoms with Crippen molar-refractivity contribution >= 4 is 29.0 Å². The largest absolute Gasteiger partial charge is 0.417 e. The summed E-state index contributed by atoms with van der Waals surface area (Å²) < 4.78 is 38.1. The van der Waals surface area contributed by atoms with E-state index in [2.05, 4.69) is 4.98 Å². The maximum Gasteiger partial charge on any atom is 0.417 e. The van der Waals surface area contributed by atoms with E-state index in [-0.39, 0.29) is 22.9 Å². The Balaban J connectivity index is 1.98. The molecule has 1 aromatic carbocycles. The van der Waals surface area contributed by atoms with E-state index in [1.807, 2.05) is 0 Å². The van der Waals surface area contributed by atoms with Gasteiger partial charge in [0.25, 0.3) is 0 Å². The highest BCUT2D eigenvalue weighted by Crippen LogP contribution is 2.33. The number of anilines is 1. The van der Waals surface area contributed by atoms with Crippen molar-refractivity contribution < 1.29 is 22.8 Å². The number of rotatable bonds is 4. The number of carbonyl (C=O) groups excluding carboxylic acids is 2. The zero-order chi connectivity index (χ0) is 20.5. The SMILES string of the molecule is N#CC(C(=O)c1ccc(Cl)cc1N1CCCC1=O)c1ccc(C(F)(F)F)cn1. The number of pyridine rings is 1. The lowest BCUT2D eigenvalue weighted by molar-refractivity contribution is -0.137. The fourth-order valence-corrected chi connectivity index (χ4v) is 3.16. The first-order chi connectivity index (χ1) is 13.2. The van der Waals surface area contributed by atoms with Crippen LogP contribution < -0.4 is 4.90 Å². The third kappa shape index (κ3) is 3.85. The van der Waals surface area contributed by atoms with Crippen molar-refractivity contribution in [1.29, 1.82) is 5.26 Å². The predicted octanol–water partition coefficient (Wildman–Crippen LogP) is 4.37. The molecule has 0 bridgehead atoms. The van der Waals surface area contributed by atoms with Crippen LogP contribution in [-0.4, -0.2) is 23.2 Å². The normalized spacial score (nSPS) is 15.4. The number of hydrogen-bond donors (Lipinski definition) is 0. The molecule has 0 saturated carbocycles. The molecule has 1 fully saturated rings. The van der Waals surface area contributed by atoms with Crippen molar-refractivity contribution in [3.8, 4) is 6.07 Å². The first kappa shape index (κ1) is 19.8. The molecule has 3 rings (SSSR count). The molecule has 0 radical (unpaired) electrons. The molecule has 1 aliphatic rings. The van der Waals surface area contributed by atoms with Crippen LogP contribution in [0.4, 0.5) is 18.9 Å². The van der Waals surface area contributed by atoms with Crippen molar-refractivity contribution in [2.24, 2.45) is 0 Å². The van der Waals surface area contributed by atoms with Crippen LogP contribution in [0.2, 0.25) is 5.02 Å². The summed E-state index contributed by atoms with van der Waals surface area (Å²) in [4.78, 5) is 30.2. The molecule has 1 unspecified atom stereocenters. The van der Waals surface area contributed by atoms with Gasteiger partial charge in [0.2, 0.25) is 5.91 Å². The molecule has 0 spiro atoms. The van der Waals surface area contributed by atoms with Gasteiger partial charge in [-0.3, -0.25) is 14.6 Å². The number of benzene rings is 1. The molecular formula is C19H13ClF3N3O2. The molecule has 0 N–H and O–H groups in total. The number of aromatic nitrogens is 1. The second-order valence-electron chi connectivity index (χ2n) is 6.21. The number of ketones is 1. The number of hydrogen-bond acceptors (Lipinski definition) is 4. The lowest BCUT2D eigenvalue weighted by Crippen LogP contribution is -2.27. The van der Waals surface area contributed by atoms with E-state index in [9.17, 15) is 28.0 Å². The molecule has 1 aliphatic heterocycles. The molecule has 28 heavy (non-hydrogen) atoms. The van der Waals surface area contributed by atoms with Crippen molar-refractivity contribution in [2.75, 3.05) is 11.4 Å². The van der Waals surface area contributed by atoms with Gasteiger partial charge in [-0.15, -0.1) is 0 Å². The van der Waals surface area contributed by atoms with E-state index in [0.717, 1.165) is 12.1 Å². The minimum absolute atomic E-state index is 0.0906. The fraction of sp³-hybridized carbons (Fsp3) is 0.263. The third-order valence-corrected chi connectivity index (χ3v) is 4.63. The number of nitrogens with zero attached hydrogens (tertiary/aromatic N) is 3. The summed E-state index contributed by atoms with van der Waals surface area (Å²) >= 11 is 6.01. The molecule has 1 saturated heterocycles. The number of carbonyl (C=O) groups is 2. The van der Waals surface area contributed by atoms with Crippen LogP contribution in [0.15, 0.2) is 36.5 Å². The zero-order valence-electron chi connectivity index (χ0n) is 14.3. The fourth-order valence-electron chi connectivity index (χ4n) is 3.00. The lowest BCUT2D eigenvalue weighted by Gasteiger charge is -2.20. The van der Waals surface area contributed by atoms with Crippen LogP contribution in [0, 0.1) is 11.3 Å². The van der Waals surface area contributed by atoms with Crippen LogP contribution in [0.25, 0.3) is 0 Å². The average Bonchev–Trinajstić information content (AvgIpc) is 3.07. The smallest absolute Gasteiger partial charge is 0.312 e. The van der Waals surface area contributed by atoms with E-state index in [4.69, 9.17) is 11.6 Å². The van der Waals surface area contributed by atoms with Gasteiger partial charge in [-0.05, 0) is 36.8 Å². The van der Waals surface area contributed by atoms with Crippen LogP contribution in [0.1, 0.15) is 40.4 Å². The van der Waals surface area contributed by atoms with Crippen molar-refractivity contribution in [3.05, 3.63) is 58.4 Å². The standard InChI is InChI=1S/C19H13ClF3N3O2/c20-12-4-5-13(16(8-12)26-7-1-2-17(26)27)18(28)14(9-24)15-6-3-11(10-25-15)19(21,22)23/h3-6,8,10,14H,1-2,7H2. The van der Waals surface area contributed by atoms with Gasteiger partial charge < -0.3 is 4.90 Å². The second kappa shape index (κ2) is 7.60. The van der Waals surface area contributed by atoms with Gasteiger partial charge in [-0.1, -0.05) is 11.6 Å². The summed E-state index contributed by atoms with van der Waals surface area (Å²) in [5, 5.41) is 9.78. The maximum absolute atomic E-state index is 13.0. The number of nitriles is 1. The minimum atomic E-state index is -4.57. The highest BCUT2D eigenvalue weighted by molar-refractivity contribution is 6.31. The average molecular weight is 408 g/mol. The topological polar surface area (TPSA) is 74.1 Å². The van der Waals surface area contributed by atoms with Crippen molar-refractivity contribution in [1.82, 2.24) is 4.98 Å². The Morgan fingerprint density at radius 1 is 1.29 bits per heavy atom. The molecule has 5 nitrogen and oxygen atoms in total. The summed E-state index contributed by atoms with van der Waals surface area (Å²) in [7, 11) is 0. The lowest BCUT2D eigenvalue weighted by atomic mass is 9.93. The molecule has 1 aromatic heterocycles. The van der Waals surface area contributed by atoms with E-state index in [1.165, 1.54) is 23.1 Å². The monoisotopic (exact) mass is 407 g/mol. The highest BCUT2D eigenvalue weighted by Gasteiger charge is 2.33. The highest BCUT2D eigenvalue weighted by atomic mass is 35.5. The first-order valence-electron chi connectivity index (χ1n) is 8.29. The van der Waals surface area contributed by atoms with E-state index < -0.39 is 23.4 Å². The number of amides is 1. The van der Waals surface area contributed by atoms with Gasteiger partial charge in [-0.2, -0.15) is 18.4 Å². The molecule has 1 atom stereocenters. The second-order valence-corrected chi connectivity index (χ2v) is 6.64. The van der Waals surface area contributed by atoms with Gasteiger partial charge in [0.1, 0.15) is 0 Å². The van der Waals surface area contributed by atoms with Crippen LogP contribution in [0.3, 0.4) is 0 Å². The summed E-state index contributed by atoms with van der Waals surface area (Å²) in [5.74, 6) is -2.25. The number of Topliss-reactive ketones (excluding diaryl/α,β-unsaturated/α-hetero) is 1. The van der Waals surface area contributed by atoms with Gasteiger partial charge in [0, 0.05) is 29.7 Å². The molecule has 2 aromatic rings. The quantitative estimate of drug-likeness (QED) is 0.705. The van der Waals surface area contributed by atoms with Gasteiger partial charge in [0.15, 0.2) is 11.7 Å². The third-order valence-electron chi connectivity index (χ3n) is 4.39. The number of alkyl halides is 3. The van der Waals surface area contributed by atoms with Crippen LogP contribution in [-0.2, 0) is 11.0 Å². The molecule has 1 amide bonds. The van der Waals surface area contributed by atoms with E-state index in [0.29, 0.717) is 30.6 Å². The Kier molecular flexibility index (Phi) is 5.38. The minimum Gasteiger partial charge on any atom is -0.312 e. The van der Waals surface area contributed by atoms with Crippen molar-refractivity contribution in [3.63, 3.8) is 0 Å². The molecule has 2 heterocycles. The van der Waals surface area contributed by atoms with Crippen LogP contribution in [0.5, 0.6) is 0 Å². The Morgan fingerprint density at radius 3 is 2.57 bits per heavy atom. The Hall–Kier alpha value is -2.92. The zero-order valence-corrected chi connectivity index (χ0v) is 15.1. The molecular weight excluding hydrogens is 395 g/mol. The Bertz CT molecular complexity index is 968. The van der Waals surface area contributed by atoms with Gasteiger partial charge >= 0.3 is 6.18 Å². The van der Waals surface area contributed by atoms with Crippen molar-refractivity contribution in [2.45, 2.75) is 24.9 Å². The molecule has 144 valence electrons. The summed E-state index contributed by atoms with van der Waals surface area (Å²) in [6.45, 7) is 0.412. The summed E-state index contributed by atoms with van der Waals surface area (Å²) in [5.41, 5.74) is -0.704. The van der Waals surface area contributed by atoms with E-state index >= 15 is 0 Å². The Labute approximate surface area is 163 Å². The van der Waals surface area contributed by atoms with Gasteiger partial charge in [-0.25, -0.2) is 0 Å². The maximum atomic E-state index is 13.0. The summed E-state index contributed by atoms with van der Waals surface area (Å²) in [6.07, 6.45) is -3.03. The predicted molar refractivity (Wildman–Crippen MR) is 95.0 cm³/mol. The number of halogens is 4. The van der Waals surface area contributed by atoms with Gasteiger partial charge in [0.05, 0.1) is 23.0 Å². The Morgan fingerprint density at radius 2 is 2.04 bits per heavy atom. The molecule has 9 heteroatoms. The summed E-state index contributed by atoms with van der Waals surface area (Å²) in [6, 6.07) is 7.88.